The number of piperidine rings is 1. The number of carbonyl (C=O) groups is 1. The monoisotopic (exact) mass is 255 g/mol. The van der Waals surface area contributed by atoms with Crippen LogP contribution in [0.4, 0.5) is 0 Å². The standard InChI is InChI=1S/C14H29N3O/c1-10-6-7-17(11(2)8-10)12(3)9-14(4,16-5)13(15)18/h10-12,16H,6-9H2,1-5H3,(H2,15,18). The molecule has 4 heteroatoms. The largest absolute Gasteiger partial charge is 0.368 e. The average Bonchev–Trinajstić information content (AvgIpc) is 2.28. The van der Waals surface area contributed by atoms with E-state index in [2.05, 4.69) is 31.0 Å². The molecule has 1 fully saturated rings. The summed E-state index contributed by atoms with van der Waals surface area (Å²) >= 11 is 0. The van der Waals surface area contributed by atoms with Gasteiger partial charge in [-0.3, -0.25) is 9.69 Å². The maximum Gasteiger partial charge on any atom is 0.237 e. The van der Waals surface area contributed by atoms with E-state index >= 15 is 0 Å². The minimum absolute atomic E-state index is 0.269. The topological polar surface area (TPSA) is 58.4 Å². The summed E-state index contributed by atoms with van der Waals surface area (Å²) in [7, 11) is 1.80. The van der Waals surface area contributed by atoms with Crippen molar-refractivity contribution < 1.29 is 4.79 Å². The van der Waals surface area contributed by atoms with Crippen LogP contribution in [0.3, 0.4) is 0 Å². The molecule has 0 bridgehead atoms. The Balaban J connectivity index is 2.64. The van der Waals surface area contributed by atoms with E-state index in [4.69, 9.17) is 5.73 Å². The van der Waals surface area contributed by atoms with Crippen LogP contribution in [0.1, 0.15) is 47.0 Å². The molecule has 0 saturated carbocycles. The van der Waals surface area contributed by atoms with Crippen LogP contribution in [-0.2, 0) is 4.79 Å². The van der Waals surface area contributed by atoms with Crippen LogP contribution in [0.5, 0.6) is 0 Å². The maximum absolute atomic E-state index is 11.5. The number of hydrogen-bond donors (Lipinski definition) is 2. The van der Waals surface area contributed by atoms with Crippen LogP contribution in [0.25, 0.3) is 0 Å². The number of carbonyl (C=O) groups excluding carboxylic acids is 1. The van der Waals surface area contributed by atoms with Crippen molar-refractivity contribution in [1.82, 2.24) is 10.2 Å². The molecule has 0 aromatic carbocycles. The molecule has 4 nitrogen and oxygen atoms in total. The molecular formula is C14H29N3O. The fraction of sp³-hybridized carbons (Fsp3) is 0.929. The van der Waals surface area contributed by atoms with Gasteiger partial charge in [0.1, 0.15) is 0 Å². The molecule has 18 heavy (non-hydrogen) atoms. The Labute approximate surface area is 111 Å². The summed E-state index contributed by atoms with van der Waals surface area (Å²) in [6, 6.07) is 0.968. The van der Waals surface area contributed by atoms with Crippen molar-refractivity contribution in [2.45, 2.75) is 64.6 Å². The lowest BCUT2D eigenvalue weighted by Crippen LogP contribution is -2.56. The zero-order chi connectivity index (χ0) is 13.9. The molecule has 1 aliphatic rings. The van der Waals surface area contributed by atoms with Crippen molar-refractivity contribution >= 4 is 5.91 Å². The maximum atomic E-state index is 11.5. The van der Waals surface area contributed by atoms with Gasteiger partial charge in [-0.15, -0.1) is 0 Å². The Kier molecular flexibility index (Phi) is 5.17. The normalized spacial score (nSPS) is 30.7. The van der Waals surface area contributed by atoms with E-state index < -0.39 is 5.54 Å². The lowest BCUT2D eigenvalue weighted by atomic mass is 9.88. The van der Waals surface area contributed by atoms with Crippen molar-refractivity contribution in [2.24, 2.45) is 11.7 Å². The molecule has 1 saturated heterocycles. The van der Waals surface area contributed by atoms with E-state index in [0.717, 1.165) is 18.9 Å². The van der Waals surface area contributed by atoms with Gasteiger partial charge in [-0.25, -0.2) is 0 Å². The smallest absolute Gasteiger partial charge is 0.237 e. The average molecular weight is 255 g/mol. The highest BCUT2D eigenvalue weighted by Crippen LogP contribution is 2.26. The molecule has 1 amide bonds. The Morgan fingerprint density at radius 2 is 2.17 bits per heavy atom. The number of amides is 1. The summed E-state index contributed by atoms with van der Waals surface area (Å²) in [6.07, 6.45) is 3.26. The molecule has 1 rings (SSSR count). The molecule has 4 atom stereocenters. The number of nitrogens with zero attached hydrogens (tertiary/aromatic N) is 1. The third-order valence-electron chi connectivity index (χ3n) is 4.56. The molecule has 1 aliphatic heterocycles. The number of hydrogen-bond acceptors (Lipinski definition) is 3. The van der Waals surface area contributed by atoms with Gasteiger partial charge in [0.25, 0.3) is 0 Å². The zero-order valence-corrected chi connectivity index (χ0v) is 12.5. The molecule has 0 aliphatic carbocycles. The predicted molar refractivity (Wildman–Crippen MR) is 75.3 cm³/mol. The van der Waals surface area contributed by atoms with Gasteiger partial charge in [-0.2, -0.15) is 0 Å². The summed E-state index contributed by atoms with van der Waals surface area (Å²) in [5.41, 5.74) is 4.89. The SMILES string of the molecule is CNC(C)(CC(C)N1CCC(C)CC1C)C(N)=O. The van der Waals surface area contributed by atoms with E-state index in [-0.39, 0.29) is 5.91 Å². The quantitative estimate of drug-likeness (QED) is 0.779. The Bertz CT molecular complexity index is 295. The molecular weight excluding hydrogens is 226 g/mol. The Morgan fingerprint density at radius 3 is 2.61 bits per heavy atom. The van der Waals surface area contributed by atoms with E-state index in [1.807, 2.05) is 6.92 Å². The van der Waals surface area contributed by atoms with Crippen LogP contribution in [0.2, 0.25) is 0 Å². The summed E-state index contributed by atoms with van der Waals surface area (Å²) < 4.78 is 0. The van der Waals surface area contributed by atoms with Gasteiger partial charge < -0.3 is 11.1 Å². The first-order valence-corrected chi connectivity index (χ1v) is 7.04. The molecule has 106 valence electrons. The van der Waals surface area contributed by atoms with Crippen molar-refractivity contribution in [1.29, 1.82) is 0 Å². The van der Waals surface area contributed by atoms with Gasteiger partial charge in [-0.1, -0.05) is 6.92 Å². The third-order valence-corrected chi connectivity index (χ3v) is 4.56. The van der Waals surface area contributed by atoms with Crippen LogP contribution >= 0.6 is 0 Å². The second kappa shape index (κ2) is 6.02. The van der Waals surface area contributed by atoms with Gasteiger partial charge in [0.2, 0.25) is 5.91 Å². The number of likely N-dealkylation sites (tertiary alicyclic amines) is 1. The number of likely N-dealkylation sites (N-methyl/N-ethyl adjacent to an activating group) is 1. The first-order chi connectivity index (χ1) is 8.30. The predicted octanol–water partition coefficient (Wildman–Crippen LogP) is 1.35. The van der Waals surface area contributed by atoms with E-state index in [1.54, 1.807) is 7.05 Å². The second-order valence-electron chi connectivity index (χ2n) is 6.22. The van der Waals surface area contributed by atoms with Crippen LogP contribution < -0.4 is 11.1 Å². The van der Waals surface area contributed by atoms with Crippen molar-refractivity contribution in [2.75, 3.05) is 13.6 Å². The zero-order valence-electron chi connectivity index (χ0n) is 12.5. The van der Waals surface area contributed by atoms with Crippen LogP contribution in [-0.4, -0.2) is 42.0 Å². The van der Waals surface area contributed by atoms with Crippen molar-refractivity contribution in [3.63, 3.8) is 0 Å². The molecule has 3 N–H and O–H groups in total. The summed E-state index contributed by atoms with van der Waals surface area (Å²) in [6.45, 7) is 9.82. The molecule has 0 radical (unpaired) electrons. The lowest BCUT2D eigenvalue weighted by molar-refractivity contribution is -0.124. The van der Waals surface area contributed by atoms with Gasteiger partial charge in [0.05, 0.1) is 5.54 Å². The van der Waals surface area contributed by atoms with Gasteiger partial charge in [0.15, 0.2) is 0 Å². The van der Waals surface area contributed by atoms with Gasteiger partial charge >= 0.3 is 0 Å². The number of rotatable bonds is 5. The fourth-order valence-electron chi connectivity index (χ4n) is 3.11. The molecule has 0 spiro atoms. The van der Waals surface area contributed by atoms with E-state index in [0.29, 0.717) is 12.1 Å². The summed E-state index contributed by atoms with van der Waals surface area (Å²) in [4.78, 5) is 14.1. The lowest BCUT2D eigenvalue weighted by Gasteiger charge is -2.42. The minimum Gasteiger partial charge on any atom is -0.368 e. The minimum atomic E-state index is -0.609. The number of nitrogens with two attached hydrogens (primary N) is 1. The van der Waals surface area contributed by atoms with Crippen molar-refractivity contribution in [3.05, 3.63) is 0 Å². The first kappa shape index (κ1) is 15.4. The highest BCUT2D eigenvalue weighted by molar-refractivity contribution is 5.84. The summed E-state index contributed by atoms with van der Waals surface area (Å²) in [5, 5.41) is 3.07. The first-order valence-electron chi connectivity index (χ1n) is 7.04. The number of nitrogens with one attached hydrogen (secondary N) is 1. The molecule has 4 unspecified atom stereocenters. The second-order valence-corrected chi connectivity index (χ2v) is 6.22. The van der Waals surface area contributed by atoms with Crippen LogP contribution in [0, 0.1) is 5.92 Å². The Hall–Kier alpha value is -0.610. The third kappa shape index (κ3) is 3.45. The highest BCUT2D eigenvalue weighted by Gasteiger charge is 2.35. The fourth-order valence-corrected chi connectivity index (χ4v) is 3.11. The Morgan fingerprint density at radius 1 is 1.56 bits per heavy atom. The van der Waals surface area contributed by atoms with Gasteiger partial charge in [-0.05, 0) is 59.5 Å². The number of primary amides is 1. The van der Waals surface area contributed by atoms with Gasteiger partial charge in [0, 0.05) is 12.1 Å². The molecule has 0 aromatic heterocycles. The van der Waals surface area contributed by atoms with E-state index in [1.165, 1.54) is 12.8 Å². The van der Waals surface area contributed by atoms with Crippen molar-refractivity contribution in [3.8, 4) is 0 Å². The van der Waals surface area contributed by atoms with Crippen LogP contribution in [0.15, 0.2) is 0 Å². The highest BCUT2D eigenvalue weighted by atomic mass is 16.1. The molecule has 0 aromatic rings. The molecule has 1 heterocycles. The summed E-state index contributed by atoms with van der Waals surface area (Å²) in [5.74, 6) is 0.546. The van der Waals surface area contributed by atoms with E-state index in [9.17, 15) is 4.79 Å².